The van der Waals surface area contributed by atoms with Gasteiger partial charge in [-0.3, -0.25) is 23.9 Å². The predicted octanol–water partition coefficient (Wildman–Crippen LogP) is 2.07. The zero-order valence-electron chi connectivity index (χ0n) is 16.2. The van der Waals surface area contributed by atoms with Gasteiger partial charge in [0.25, 0.3) is 5.56 Å². The Hall–Kier alpha value is -4.15. The van der Waals surface area contributed by atoms with E-state index in [1.807, 2.05) is 0 Å². The number of benzene rings is 2. The number of nitrogens with one attached hydrogen (secondary N) is 3. The summed E-state index contributed by atoms with van der Waals surface area (Å²) >= 11 is 0. The average Bonchev–Trinajstić information content (AvgIpc) is 2.74. The summed E-state index contributed by atoms with van der Waals surface area (Å²) < 4.78 is 41.2. The highest BCUT2D eigenvalue weighted by atomic mass is 19.2. The van der Waals surface area contributed by atoms with E-state index < -0.39 is 58.5 Å². The van der Waals surface area contributed by atoms with Crippen molar-refractivity contribution in [1.82, 2.24) is 9.55 Å². The lowest BCUT2D eigenvalue weighted by Gasteiger charge is -2.26. The molecule has 0 radical (unpaired) electrons. The van der Waals surface area contributed by atoms with Gasteiger partial charge in [0.2, 0.25) is 11.8 Å². The number of hydrogen-bond acceptors (Lipinski definition) is 4. The summed E-state index contributed by atoms with van der Waals surface area (Å²) in [6, 6.07) is 9.87. The Labute approximate surface area is 177 Å². The highest BCUT2D eigenvalue weighted by molar-refractivity contribution is 6.04. The standard InChI is InChI=1S/C21H15F3N4O4/c22-13-6-11(7-14(23)17(13)24)25-19(30)12-8-15(29)26-18-16(12)20(31)27-21(32)28(18)9-10-4-2-1-3-5-10/h1-7,12H,8-9H2,(H,25,30)(H,26,29)(H,27,31,32)/t12-/m1/s1. The number of carbonyl (C=O) groups excluding carboxylic acids is 2. The topological polar surface area (TPSA) is 113 Å². The first-order valence-electron chi connectivity index (χ1n) is 9.40. The van der Waals surface area contributed by atoms with Crippen LogP contribution in [0.4, 0.5) is 24.7 Å². The van der Waals surface area contributed by atoms with Crippen molar-refractivity contribution in [3.05, 3.63) is 91.9 Å². The second-order valence-corrected chi connectivity index (χ2v) is 7.14. The van der Waals surface area contributed by atoms with Crippen LogP contribution in [-0.2, 0) is 16.1 Å². The molecule has 0 saturated carbocycles. The monoisotopic (exact) mass is 444 g/mol. The zero-order chi connectivity index (χ0) is 23.0. The second kappa shape index (κ2) is 8.17. The minimum absolute atomic E-state index is 0.00178. The third-order valence-electron chi connectivity index (χ3n) is 4.98. The molecule has 11 heteroatoms. The molecule has 1 aliphatic heterocycles. The van der Waals surface area contributed by atoms with Crippen LogP contribution in [0.3, 0.4) is 0 Å². The molecule has 0 fully saturated rings. The summed E-state index contributed by atoms with van der Waals surface area (Å²) in [5.41, 5.74) is -1.55. The largest absolute Gasteiger partial charge is 0.330 e. The number of carbonyl (C=O) groups is 2. The fourth-order valence-electron chi connectivity index (χ4n) is 3.51. The van der Waals surface area contributed by atoms with Crippen molar-refractivity contribution < 1.29 is 22.8 Å². The van der Waals surface area contributed by atoms with Gasteiger partial charge >= 0.3 is 5.69 Å². The number of H-pyrrole nitrogens is 1. The van der Waals surface area contributed by atoms with Crippen molar-refractivity contribution in [2.75, 3.05) is 10.6 Å². The van der Waals surface area contributed by atoms with E-state index in [1.165, 1.54) is 0 Å². The van der Waals surface area contributed by atoms with E-state index in [9.17, 15) is 32.3 Å². The average molecular weight is 444 g/mol. The van der Waals surface area contributed by atoms with Crippen LogP contribution in [0, 0.1) is 17.5 Å². The van der Waals surface area contributed by atoms with Gasteiger partial charge in [-0.2, -0.15) is 0 Å². The molecular weight excluding hydrogens is 429 g/mol. The Kier molecular flexibility index (Phi) is 5.39. The van der Waals surface area contributed by atoms with Crippen molar-refractivity contribution >= 4 is 23.3 Å². The first kappa shape index (κ1) is 21.1. The number of nitrogens with zero attached hydrogens (tertiary/aromatic N) is 1. The van der Waals surface area contributed by atoms with Crippen molar-refractivity contribution in [2.45, 2.75) is 18.9 Å². The van der Waals surface area contributed by atoms with Crippen LogP contribution >= 0.6 is 0 Å². The minimum atomic E-state index is -1.70. The number of hydrogen-bond donors (Lipinski definition) is 3. The van der Waals surface area contributed by atoms with Crippen LogP contribution in [0.1, 0.15) is 23.5 Å². The molecule has 2 amide bonds. The highest BCUT2D eigenvalue weighted by Crippen LogP contribution is 2.30. The summed E-state index contributed by atoms with van der Waals surface area (Å²) in [6.45, 7) is 0.00178. The fourth-order valence-corrected chi connectivity index (χ4v) is 3.51. The number of fused-ring (bicyclic) bond motifs is 1. The van der Waals surface area contributed by atoms with Crippen molar-refractivity contribution in [3.63, 3.8) is 0 Å². The molecule has 1 aromatic heterocycles. The van der Waals surface area contributed by atoms with Gasteiger partial charge in [0, 0.05) is 24.2 Å². The molecule has 0 unspecified atom stereocenters. The Morgan fingerprint density at radius 3 is 2.38 bits per heavy atom. The Balaban J connectivity index is 1.75. The van der Waals surface area contributed by atoms with E-state index in [2.05, 4.69) is 15.6 Å². The van der Waals surface area contributed by atoms with Gasteiger partial charge in [0.1, 0.15) is 5.82 Å². The summed E-state index contributed by atoms with van der Waals surface area (Å²) in [5, 5.41) is 4.65. The summed E-state index contributed by atoms with van der Waals surface area (Å²) in [5.74, 6) is -7.81. The highest BCUT2D eigenvalue weighted by Gasteiger charge is 2.35. The lowest BCUT2D eigenvalue weighted by Crippen LogP contribution is -2.42. The molecule has 1 aliphatic rings. The maximum absolute atomic E-state index is 13.5. The van der Waals surface area contributed by atoms with Crippen LogP contribution in [0.15, 0.2) is 52.1 Å². The van der Waals surface area contributed by atoms with E-state index in [-0.39, 0.29) is 17.9 Å². The molecule has 164 valence electrons. The van der Waals surface area contributed by atoms with E-state index in [4.69, 9.17) is 0 Å². The molecular formula is C21H15F3N4O4. The van der Waals surface area contributed by atoms with Gasteiger partial charge in [-0.1, -0.05) is 30.3 Å². The smallest absolute Gasteiger partial charge is 0.325 e. The number of anilines is 2. The van der Waals surface area contributed by atoms with E-state index in [0.717, 1.165) is 4.57 Å². The van der Waals surface area contributed by atoms with Crippen molar-refractivity contribution in [2.24, 2.45) is 0 Å². The third kappa shape index (κ3) is 3.92. The molecule has 2 aromatic carbocycles. The van der Waals surface area contributed by atoms with Gasteiger partial charge < -0.3 is 10.6 Å². The first-order chi connectivity index (χ1) is 15.2. The van der Waals surface area contributed by atoms with Gasteiger partial charge in [0.15, 0.2) is 17.5 Å². The minimum Gasteiger partial charge on any atom is -0.325 e. The Morgan fingerprint density at radius 1 is 1.06 bits per heavy atom. The SMILES string of the molecule is O=C1C[C@@H](C(=O)Nc2cc(F)c(F)c(F)c2)c2c(n(Cc3ccccc3)c(=O)[nH]c2=O)N1. The van der Waals surface area contributed by atoms with Crippen LogP contribution in [0.5, 0.6) is 0 Å². The van der Waals surface area contributed by atoms with E-state index in [1.54, 1.807) is 30.3 Å². The summed E-state index contributed by atoms with van der Waals surface area (Å²) in [6.07, 6.45) is -0.447. The molecule has 8 nitrogen and oxygen atoms in total. The Morgan fingerprint density at radius 2 is 1.72 bits per heavy atom. The van der Waals surface area contributed by atoms with Gasteiger partial charge in [-0.25, -0.2) is 18.0 Å². The van der Waals surface area contributed by atoms with Crippen molar-refractivity contribution in [1.29, 1.82) is 0 Å². The molecule has 0 saturated heterocycles. The molecule has 0 aliphatic carbocycles. The Bertz CT molecular complexity index is 1330. The van der Waals surface area contributed by atoms with Crippen LogP contribution in [0.2, 0.25) is 0 Å². The maximum atomic E-state index is 13.5. The fraction of sp³-hybridized carbons (Fsp3) is 0.143. The number of aromatic nitrogens is 2. The first-order valence-corrected chi connectivity index (χ1v) is 9.40. The van der Waals surface area contributed by atoms with E-state index in [0.29, 0.717) is 17.7 Å². The number of aromatic amines is 1. The lowest BCUT2D eigenvalue weighted by atomic mass is 9.92. The quantitative estimate of drug-likeness (QED) is 0.535. The van der Waals surface area contributed by atoms with Gasteiger partial charge in [-0.05, 0) is 5.56 Å². The van der Waals surface area contributed by atoms with Crippen LogP contribution < -0.4 is 21.9 Å². The molecule has 3 aromatic rings. The van der Waals surface area contributed by atoms with Crippen molar-refractivity contribution in [3.8, 4) is 0 Å². The van der Waals surface area contributed by atoms with Crippen LogP contribution in [-0.4, -0.2) is 21.4 Å². The molecule has 0 spiro atoms. The maximum Gasteiger partial charge on any atom is 0.330 e. The molecule has 4 rings (SSSR count). The molecule has 1 atom stereocenters. The molecule has 0 bridgehead atoms. The predicted molar refractivity (Wildman–Crippen MR) is 108 cm³/mol. The summed E-state index contributed by atoms with van der Waals surface area (Å²) in [4.78, 5) is 52.2. The number of rotatable bonds is 4. The summed E-state index contributed by atoms with van der Waals surface area (Å²) in [7, 11) is 0. The molecule has 2 heterocycles. The zero-order valence-corrected chi connectivity index (χ0v) is 16.2. The molecule has 32 heavy (non-hydrogen) atoms. The lowest BCUT2D eigenvalue weighted by molar-refractivity contribution is -0.123. The van der Waals surface area contributed by atoms with Gasteiger partial charge in [-0.15, -0.1) is 0 Å². The molecule has 3 N–H and O–H groups in total. The second-order valence-electron chi connectivity index (χ2n) is 7.14. The number of halogens is 3. The van der Waals surface area contributed by atoms with E-state index >= 15 is 0 Å². The van der Waals surface area contributed by atoms with Gasteiger partial charge in [0.05, 0.1) is 18.0 Å². The third-order valence-corrected chi connectivity index (χ3v) is 4.98. The van der Waals surface area contributed by atoms with Crippen LogP contribution in [0.25, 0.3) is 0 Å². The number of amides is 2. The normalized spacial score (nSPS) is 15.1.